The maximum absolute atomic E-state index is 13.1. The van der Waals surface area contributed by atoms with E-state index >= 15 is 0 Å². The van der Waals surface area contributed by atoms with Crippen molar-refractivity contribution in [3.05, 3.63) is 29.1 Å². The van der Waals surface area contributed by atoms with Gasteiger partial charge in [-0.2, -0.15) is 13.2 Å². The van der Waals surface area contributed by atoms with E-state index in [1.54, 1.807) is 0 Å². The van der Waals surface area contributed by atoms with Crippen molar-refractivity contribution in [2.24, 2.45) is 0 Å². The van der Waals surface area contributed by atoms with E-state index in [0.717, 1.165) is 19.1 Å². The van der Waals surface area contributed by atoms with Crippen LogP contribution >= 0.6 is 0 Å². The van der Waals surface area contributed by atoms with Crippen LogP contribution in [0.2, 0.25) is 0 Å². The monoisotopic (exact) mass is 265 g/mol. The molecule has 0 aliphatic heterocycles. The van der Waals surface area contributed by atoms with Gasteiger partial charge in [0.25, 0.3) is 0 Å². The summed E-state index contributed by atoms with van der Waals surface area (Å²) in [7, 11) is 0. The third-order valence-corrected chi connectivity index (χ3v) is 2.12. The minimum absolute atomic E-state index is 0.359. The summed E-state index contributed by atoms with van der Waals surface area (Å²) < 4.78 is 49.1. The summed E-state index contributed by atoms with van der Waals surface area (Å²) in [6.45, 7) is 1.09. The lowest BCUT2D eigenvalue weighted by Crippen LogP contribution is -2.30. The second-order valence-corrected chi connectivity index (χ2v) is 3.35. The largest absolute Gasteiger partial charge is 0.478 e. The minimum atomic E-state index is -5.15. The number of anilines is 1. The van der Waals surface area contributed by atoms with Crippen LogP contribution in [0.3, 0.4) is 0 Å². The van der Waals surface area contributed by atoms with Crippen molar-refractivity contribution in [3.8, 4) is 0 Å². The van der Waals surface area contributed by atoms with E-state index in [4.69, 9.17) is 5.11 Å². The molecule has 0 spiro atoms. The van der Waals surface area contributed by atoms with E-state index < -0.39 is 35.1 Å². The van der Waals surface area contributed by atoms with Crippen LogP contribution in [0.4, 0.5) is 23.2 Å². The summed E-state index contributed by atoms with van der Waals surface area (Å²) in [6.07, 6.45) is -5.15. The maximum Gasteiger partial charge on any atom is 0.471 e. The van der Waals surface area contributed by atoms with Gasteiger partial charge in [0.2, 0.25) is 0 Å². The molecular weight excluding hydrogens is 258 g/mol. The number of aromatic carboxylic acids is 1. The van der Waals surface area contributed by atoms with Gasteiger partial charge >= 0.3 is 18.1 Å². The molecule has 0 atom stereocenters. The van der Waals surface area contributed by atoms with Gasteiger partial charge in [-0.3, -0.25) is 4.79 Å². The van der Waals surface area contributed by atoms with Gasteiger partial charge in [-0.25, -0.2) is 9.18 Å². The Kier molecular flexibility index (Phi) is 3.59. The van der Waals surface area contributed by atoms with Gasteiger partial charge in [0.05, 0.1) is 11.3 Å². The molecule has 0 aliphatic carbocycles. The van der Waals surface area contributed by atoms with Crippen LogP contribution < -0.4 is 5.32 Å². The van der Waals surface area contributed by atoms with E-state index in [0.29, 0.717) is 0 Å². The van der Waals surface area contributed by atoms with E-state index in [1.165, 1.54) is 5.32 Å². The highest BCUT2D eigenvalue weighted by Crippen LogP contribution is 2.25. The molecule has 0 saturated carbocycles. The molecule has 1 aromatic rings. The van der Waals surface area contributed by atoms with Crippen LogP contribution in [0.1, 0.15) is 15.9 Å². The molecule has 0 saturated heterocycles. The Bertz CT molecular complexity index is 511. The number of rotatable bonds is 2. The van der Waals surface area contributed by atoms with Crippen molar-refractivity contribution in [2.45, 2.75) is 13.1 Å². The van der Waals surface area contributed by atoms with Crippen molar-refractivity contribution in [2.75, 3.05) is 5.32 Å². The average molecular weight is 265 g/mol. The highest BCUT2D eigenvalue weighted by Gasteiger charge is 2.39. The lowest BCUT2D eigenvalue weighted by atomic mass is 10.1. The highest BCUT2D eigenvalue weighted by molar-refractivity contribution is 6.03. The van der Waals surface area contributed by atoms with Gasteiger partial charge in [0.15, 0.2) is 0 Å². The zero-order valence-electron chi connectivity index (χ0n) is 8.93. The van der Waals surface area contributed by atoms with Gasteiger partial charge in [0.1, 0.15) is 5.82 Å². The normalized spacial score (nSPS) is 11.2. The lowest BCUT2D eigenvalue weighted by Gasteiger charge is -2.12. The molecule has 18 heavy (non-hydrogen) atoms. The van der Waals surface area contributed by atoms with Crippen molar-refractivity contribution in [1.82, 2.24) is 0 Å². The number of carboxylic acids is 1. The molecule has 0 aromatic heterocycles. The molecule has 1 rings (SSSR count). The Morgan fingerprint density at radius 3 is 2.28 bits per heavy atom. The van der Waals surface area contributed by atoms with E-state index in [-0.39, 0.29) is 5.56 Å². The van der Waals surface area contributed by atoms with Gasteiger partial charge < -0.3 is 10.4 Å². The number of carbonyl (C=O) groups excluding carboxylic acids is 1. The summed E-state index contributed by atoms with van der Waals surface area (Å²) >= 11 is 0. The Balaban J connectivity index is 3.22. The Morgan fingerprint density at radius 2 is 1.83 bits per heavy atom. The molecule has 0 fully saturated rings. The molecule has 8 heteroatoms. The van der Waals surface area contributed by atoms with Crippen LogP contribution in [-0.2, 0) is 4.79 Å². The second-order valence-electron chi connectivity index (χ2n) is 3.35. The lowest BCUT2D eigenvalue weighted by molar-refractivity contribution is -0.167. The number of benzene rings is 1. The summed E-state index contributed by atoms with van der Waals surface area (Å²) in [6, 6.07) is 1.53. The van der Waals surface area contributed by atoms with Gasteiger partial charge in [-0.05, 0) is 19.1 Å². The van der Waals surface area contributed by atoms with E-state index in [2.05, 4.69) is 0 Å². The smallest absolute Gasteiger partial charge is 0.471 e. The topological polar surface area (TPSA) is 66.4 Å². The average Bonchev–Trinajstić information content (AvgIpc) is 2.21. The van der Waals surface area contributed by atoms with Crippen molar-refractivity contribution < 1.29 is 32.3 Å². The quantitative estimate of drug-likeness (QED) is 0.806. The standard InChI is InChI=1S/C10H7F4NO3/c1-4-5(11)2-3-6(7(4)8(16)17)15-9(18)10(12,13)14/h2-3H,1H3,(H,15,18)(H,16,17). The number of carboxylic acid groups (broad SMARTS) is 1. The number of halogens is 4. The van der Waals surface area contributed by atoms with Gasteiger partial charge in [-0.1, -0.05) is 0 Å². The molecule has 4 nitrogen and oxygen atoms in total. The van der Waals surface area contributed by atoms with E-state index in [9.17, 15) is 27.2 Å². The number of nitrogens with one attached hydrogen (secondary N) is 1. The summed E-state index contributed by atoms with van der Waals surface area (Å²) in [5.74, 6) is -4.85. The molecule has 1 amide bonds. The first-order valence-corrected chi connectivity index (χ1v) is 4.55. The first-order valence-electron chi connectivity index (χ1n) is 4.55. The first-order chi connectivity index (χ1) is 8.14. The molecular formula is C10H7F4NO3. The van der Waals surface area contributed by atoms with Crippen LogP contribution in [0.5, 0.6) is 0 Å². The summed E-state index contributed by atoms with van der Waals surface area (Å²) in [5, 5.41) is 10.2. The number of amides is 1. The molecule has 0 radical (unpaired) electrons. The first kappa shape index (κ1) is 13.9. The number of alkyl halides is 3. The molecule has 0 bridgehead atoms. The predicted octanol–water partition coefficient (Wildman–Crippen LogP) is 2.33. The minimum Gasteiger partial charge on any atom is -0.478 e. The third kappa shape index (κ3) is 2.76. The fraction of sp³-hybridized carbons (Fsp3) is 0.200. The molecule has 1 aromatic carbocycles. The Hall–Kier alpha value is -2.12. The molecule has 98 valence electrons. The van der Waals surface area contributed by atoms with Gasteiger partial charge in [0, 0.05) is 5.56 Å². The number of carbonyl (C=O) groups is 2. The Labute approximate surface area is 98.2 Å². The fourth-order valence-corrected chi connectivity index (χ4v) is 1.26. The maximum atomic E-state index is 13.1. The van der Waals surface area contributed by atoms with Crippen LogP contribution in [0.15, 0.2) is 12.1 Å². The van der Waals surface area contributed by atoms with Crippen LogP contribution in [0, 0.1) is 12.7 Å². The molecule has 0 unspecified atom stereocenters. The van der Waals surface area contributed by atoms with Crippen LogP contribution in [0.25, 0.3) is 0 Å². The van der Waals surface area contributed by atoms with Gasteiger partial charge in [-0.15, -0.1) is 0 Å². The van der Waals surface area contributed by atoms with E-state index in [1.807, 2.05) is 0 Å². The zero-order chi connectivity index (χ0) is 14.1. The molecule has 2 N–H and O–H groups in total. The zero-order valence-corrected chi connectivity index (χ0v) is 8.93. The third-order valence-electron chi connectivity index (χ3n) is 2.12. The Morgan fingerprint density at radius 1 is 1.28 bits per heavy atom. The van der Waals surface area contributed by atoms with Crippen LogP contribution in [-0.4, -0.2) is 23.2 Å². The number of hydrogen-bond donors (Lipinski definition) is 2. The highest BCUT2D eigenvalue weighted by atomic mass is 19.4. The SMILES string of the molecule is Cc1c(F)ccc(NC(=O)C(F)(F)F)c1C(=O)O. The second kappa shape index (κ2) is 4.63. The van der Waals surface area contributed by atoms with Crippen molar-refractivity contribution >= 4 is 17.6 Å². The molecule has 0 aliphatic rings. The summed E-state index contributed by atoms with van der Waals surface area (Å²) in [5.41, 5.74) is -1.68. The summed E-state index contributed by atoms with van der Waals surface area (Å²) in [4.78, 5) is 21.5. The van der Waals surface area contributed by atoms with Crippen molar-refractivity contribution in [3.63, 3.8) is 0 Å². The molecule has 0 heterocycles. The number of hydrogen-bond acceptors (Lipinski definition) is 2. The fourth-order valence-electron chi connectivity index (χ4n) is 1.26. The predicted molar refractivity (Wildman–Crippen MR) is 52.8 cm³/mol. The van der Waals surface area contributed by atoms with Crippen molar-refractivity contribution in [1.29, 1.82) is 0 Å².